The molecule has 0 radical (unpaired) electrons. The lowest BCUT2D eigenvalue weighted by Gasteiger charge is -2.04. The molecule has 0 amide bonds. The van der Waals surface area contributed by atoms with Crippen molar-refractivity contribution in [2.45, 2.75) is 27.7 Å². The first-order chi connectivity index (χ1) is 6.61. The topological polar surface area (TPSA) is 12.0 Å². The predicted octanol–water partition coefficient (Wildman–Crippen LogP) is 3.82. The van der Waals surface area contributed by atoms with Gasteiger partial charge in [-0.15, -0.1) is 0 Å². The van der Waals surface area contributed by atoms with Crippen LogP contribution in [0.25, 0.3) is 0 Å². The molecular formula is C13H23N. The van der Waals surface area contributed by atoms with Crippen molar-refractivity contribution in [3.8, 4) is 0 Å². The Morgan fingerprint density at radius 3 is 1.93 bits per heavy atom. The molecule has 0 fully saturated rings. The van der Waals surface area contributed by atoms with Crippen LogP contribution in [0.5, 0.6) is 0 Å². The van der Waals surface area contributed by atoms with Gasteiger partial charge in [-0.1, -0.05) is 44.7 Å². The zero-order valence-corrected chi connectivity index (χ0v) is 10.1. The van der Waals surface area contributed by atoms with Gasteiger partial charge in [0.2, 0.25) is 0 Å². The smallest absolute Gasteiger partial charge is 0.0404 e. The highest BCUT2D eigenvalue weighted by atomic mass is 14.8. The van der Waals surface area contributed by atoms with Crippen LogP contribution >= 0.6 is 0 Å². The van der Waals surface area contributed by atoms with Crippen molar-refractivity contribution in [3.63, 3.8) is 0 Å². The highest BCUT2D eigenvalue weighted by molar-refractivity contribution is 5.37. The van der Waals surface area contributed by atoms with E-state index in [0.29, 0.717) is 0 Å². The molecule has 80 valence electrons. The fourth-order valence-electron chi connectivity index (χ4n) is 0.711. The Labute approximate surface area is 88.9 Å². The zero-order chi connectivity index (χ0) is 11.6. The van der Waals surface area contributed by atoms with Gasteiger partial charge in [-0.25, -0.2) is 0 Å². The molecule has 0 saturated heterocycles. The largest absolute Gasteiger partial charge is 0.388 e. The summed E-state index contributed by atoms with van der Waals surface area (Å²) in [6.07, 6.45) is 5.78. The SMILES string of the molecule is C=CC(=C)/C(=C\C=C(C)C)NC.CC. The maximum atomic E-state index is 3.84. The molecule has 1 N–H and O–H groups in total. The Hall–Kier alpha value is -1.24. The summed E-state index contributed by atoms with van der Waals surface area (Å²) in [5, 5.41) is 3.05. The highest BCUT2D eigenvalue weighted by Crippen LogP contribution is 2.05. The van der Waals surface area contributed by atoms with Crippen LogP contribution in [0, 0.1) is 0 Å². The van der Waals surface area contributed by atoms with E-state index in [-0.39, 0.29) is 0 Å². The van der Waals surface area contributed by atoms with Gasteiger partial charge in [-0.2, -0.15) is 0 Å². The quantitative estimate of drug-likeness (QED) is 0.669. The summed E-state index contributed by atoms with van der Waals surface area (Å²) in [7, 11) is 1.87. The van der Waals surface area contributed by atoms with Crippen LogP contribution in [0.2, 0.25) is 0 Å². The van der Waals surface area contributed by atoms with Crippen LogP contribution in [-0.2, 0) is 0 Å². The maximum Gasteiger partial charge on any atom is 0.0404 e. The lowest BCUT2D eigenvalue weighted by Crippen LogP contribution is -2.06. The minimum atomic E-state index is 0.912. The van der Waals surface area contributed by atoms with Crippen LogP contribution in [0.3, 0.4) is 0 Å². The Morgan fingerprint density at radius 1 is 1.14 bits per heavy atom. The third-order valence-electron chi connectivity index (χ3n) is 1.45. The first-order valence-electron chi connectivity index (χ1n) is 4.96. The van der Waals surface area contributed by atoms with E-state index in [9.17, 15) is 0 Å². The molecule has 0 aliphatic heterocycles. The Kier molecular flexibility index (Phi) is 10.7. The van der Waals surface area contributed by atoms with E-state index in [1.165, 1.54) is 5.57 Å². The van der Waals surface area contributed by atoms with Crippen LogP contribution in [-0.4, -0.2) is 7.05 Å². The number of hydrogen-bond acceptors (Lipinski definition) is 1. The molecule has 0 bridgehead atoms. The van der Waals surface area contributed by atoms with E-state index in [1.54, 1.807) is 6.08 Å². The predicted molar refractivity (Wildman–Crippen MR) is 67.3 cm³/mol. The highest BCUT2D eigenvalue weighted by Gasteiger charge is 1.92. The molecule has 1 heteroatoms. The van der Waals surface area contributed by atoms with Crippen molar-refractivity contribution in [1.29, 1.82) is 0 Å². The van der Waals surface area contributed by atoms with Gasteiger partial charge in [-0.3, -0.25) is 0 Å². The first kappa shape index (κ1) is 15.2. The second-order valence-corrected chi connectivity index (χ2v) is 2.80. The van der Waals surface area contributed by atoms with Crippen LogP contribution in [0.4, 0.5) is 0 Å². The van der Waals surface area contributed by atoms with Crippen molar-refractivity contribution in [2.24, 2.45) is 0 Å². The van der Waals surface area contributed by atoms with Gasteiger partial charge < -0.3 is 5.32 Å². The van der Waals surface area contributed by atoms with E-state index in [0.717, 1.165) is 11.3 Å². The Balaban J connectivity index is 0. The number of nitrogens with one attached hydrogen (secondary N) is 1. The Bertz CT molecular complexity index is 228. The molecule has 0 spiro atoms. The molecule has 0 aliphatic rings. The molecule has 0 aromatic rings. The number of likely N-dealkylation sites (N-methyl/N-ethyl adjacent to an activating group) is 1. The second kappa shape index (κ2) is 9.85. The molecular weight excluding hydrogens is 170 g/mol. The van der Waals surface area contributed by atoms with Gasteiger partial charge in [0, 0.05) is 12.7 Å². The third kappa shape index (κ3) is 7.41. The summed E-state index contributed by atoms with van der Waals surface area (Å²) in [5.41, 5.74) is 3.18. The summed E-state index contributed by atoms with van der Waals surface area (Å²) in [5.74, 6) is 0. The van der Waals surface area contributed by atoms with Gasteiger partial charge in [-0.05, 0) is 25.5 Å². The van der Waals surface area contributed by atoms with E-state index in [4.69, 9.17) is 0 Å². The molecule has 0 rings (SSSR count). The first-order valence-corrected chi connectivity index (χ1v) is 4.96. The monoisotopic (exact) mass is 193 g/mol. The average molecular weight is 193 g/mol. The molecule has 0 saturated carbocycles. The van der Waals surface area contributed by atoms with Crippen LogP contribution < -0.4 is 5.32 Å². The summed E-state index contributed by atoms with van der Waals surface area (Å²) < 4.78 is 0. The van der Waals surface area contributed by atoms with E-state index in [2.05, 4.69) is 32.3 Å². The van der Waals surface area contributed by atoms with Crippen LogP contribution in [0.1, 0.15) is 27.7 Å². The summed E-state index contributed by atoms with van der Waals surface area (Å²) >= 11 is 0. The molecule has 1 nitrogen and oxygen atoms in total. The number of allylic oxidation sites excluding steroid dienone is 4. The van der Waals surface area contributed by atoms with Gasteiger partial charge in [0.15, 0.2) is 0 Å². The fourth-order valence-corrected chi connectivity index (χ4v) is 0.711. The van der Waals surface area contributed by atoms with Crippen molar-refractivity contribution in [2.75, 3.05) is 7.05 Å². The number of rotatable bonds is 4. The van der Waals surface area contributed by atoms with Gasteiger partial charge in [0.25, 0.3) is 0 Å². The molecule has 0 aliphatic carbocycles. The van der Waals surface area contributed by atoms with Crippen molar-refractivity contribution >= 4 is 0 Å². The summed E-state index contributed by atoms with van der Waals surface area (Å²) in [6.45, 7) is 15.6. The second-order valence-electron chi connectivity index (χ2n) is 2.80. The molecule has 0 aromatic carbocycles. The third-order valence-corrected chi connectivity index (χ3v) is 1.45. The maximum absolute atomic E-state index is 3.84. The van der Waals surface area contributed by atoms with Gasteiger partial charge in [0.05, 0.1) is 0 Å². The normalized spacial score (nSPS) is 9.36. The van der Waals surface area contributed by atoms with Gasteiger partial charge in [0.1, 0.15) is 0 Å². The standard InChI is InChI=1S/C11H17N.C2H6/c1-6-10(4)11(12-5)8-7-9(2)3;1-2/h6-8,12H,1,4H2,2-3,5H3;1-2H3/b11-8+;. The zero-order valence-electron chi connectivity index (χ0n) is 10.1. The van der Waals surface area contributed by atoms with E-state index < -0.39 is 0 Å². The molecule has 0 atom stereocenters. The minimum Gasteiger partial charge on any atom is -0.388 e. The van der Waals surface area contributed by atoms with Crippen molar-refractivity contribution in [1.82, 2.24) is 5.32 Å². The summed E-state index contributed by atoms with van der Waals surface area (Å²) in [4.78, 5) is 0. The molecule has 0 unspecified atom stereocenters. The van der Waals surface area contributed by atoms with E-state index >= 15 is 0 Å². The molecule has 0 aromatic heterocycles. The van der Waals surface area contributed by atoms with Crippen LogP contribution in [0.15, 0.2) is 48.2 Å². The molecule has 0 heterocycles. The van der Waals surface area contributed by atoms with E-state index in [1.807, 2.05) is 33.0 Å². The van der Waals surface area contributed by atoms with Crippen molar-refractivity contribution < 1.29 is 0 Å². The Morgan fingerprint density at radius 2 is 1.64 bits per heavy atom. The summed E-state index contributed by atoms with van der Waals surface area (Å²) in [6, 6.07) is 0. The average Bonchev–Trinajstić information content (AvgIpc) is 2.21. The lowest BCUT2D eigenvalue weighted by atomic mass is 10.2. The fraction of sp³-hybridized carbons (Fsp3) is 0.385. The minimum absolute atomic E-state index is 0.912. The lowest BCUT2D eigenvalue weighted by molar-refractivity contribution is 1.02. The van der Waals surface area contributed by atoms with Gasteiger partial charge >= 0.3 is 0 Å². The molecule has 14 heavy (non-hydrogen) atoms. The van der Waals surface area contributed by atoms with Crippen molar-refractivity contribution in [3.05, 3.63) is 48.2 Å². The number of hydrogen-bond donors (Lipinski definition) is 1.